The maximum atomic E-state index is 12.7. The number of piperidine rings is 1. The number of benzene rings is 1. The van der Waals surface area contributed by atoms with Gasteiger partial charge < -0.3 is 5.32 Å². The summed E-state index contributed by atoms with van der Waals surface area (Å²) in [6.07, 6.45) is 10.2. The van der Waals surface area contributed by atoms with E-state index in [1.54, 1.807) is 6.20 Å². The quantitative estimate of drug-likeness (QED) is 0.568. The Morgan fingerprint density at radius 2 is 1.83 bits per heavy atom. The van der Waals surface area contributed by atoms with Crippen LogP contribution in [0.5, 0.6) is 0 Å². The van der Waals surface area contributed by atoms with Crippen LogP contribution in [0.25, 0.3) is 5.69 Å². The van der Waals surface area contributed by atoms with Gasteiger partial charge in [-0.1, -0.05) is 30.9 Å². The fourth-order valence-electron chi connectivity index (χ4n) is 4.55. The van der Waals surface area contributed by atoms with E-state index in [1.807, 2.05) is 0 Å². The molecule has 9 heteroatoms. The van der Waals surface area contributed by atoms with Crippen molar-refractivity contribution in [3.05, 3.63) is 56.0 Å². The van der Waals surface area contributed by atoms with Crippen molar-refractivity contribution in [2.45, 2.75) is 57.0 Å². The van der Waals surface area contributed by atoms with Gasteiger partial charge in [-0.15, -0.1) is 0 Å². The van der Waals surface area contributed by atoms with Crippen molar-refractivity contribution in [3.63, 3.8) is 0 Å². The van der Waals surface area contributed by atoms with Crippen LogP contribution in [-0.2, 0) is 0 Å². The van der Waals surface area contributed by atoms with Crippen molar-refractivity contribution in [1.29, 1.82) is 0 Å². The smallest absolute Gasteiger partial charge is 0.292 e. The average Bonchev–Trinajstić information content (AvgIpc) is 2.78. The predicted molar refractivity (Wildman–Crippen MR) is 117 cm³/mol. The zero-order valence-electron chi connectivity index (χ0n) is 16.8. The Bertz CT molecular complexity index is 956. The van der Waals surface area contributed by atoms with Gasteiger partial charge in [0.2, 0.25) is 0 Å². The summed E-state index contributed by atoms with van der Waals surface area (Å²) in [5.74, 6) is 0. The Morgan fingerprint density at radius 3 is 2.53 bits per heavy atom. The molecule has 1 aliphatic carbocycles. The Hall–Kier alpha value is -2.45. The number of nitrogens with zero attached hydrogens (tertiary/aromatic N) is 4. The fraction of sp³-hybridized carbons (Fsp3) is 0.524. The van der Waals surface area contributed by atoms with Gasteiger partial charge >= 0.3 is 0 Å². The van der Waals surface area contributed by atoms with E-state index in [0.717, 1.165) is 30.6 Å². The molecule has 2 fully saturated rings. The van der Waals surface area contributed by atoms with Gasteiger partial charge in [-0.25, -0.2) is 0 Å². The highest BCUT2D eigenvalue weighted by atomic mass is 35.5. The van der Waals surface area contributed by atoms with Gasteiger partial charge in [0.15, 0.2) is 0 Å². The van der Waals surface area contributed by atoms with Crippen molar-refractivity contribution < 1.29 is 4.92 Å². The Morgan fingerprint density at radius 1 is 1.10 bits per heavy atom. The first kappa shape index (κ1) is 20.8. The fourth-order valence-corrected chi connectivity index (χ4v) is 4.74. The first-order valence-corrected chi connectivity index (χ1v) is 10.9. The number of nitro benzene ring substituents is 1. The lowest BCUT2D eigenvalue weighted by atomic mass is 9.92. The second-order valence-electron chi connectivity index (χ2n) is 8.13. The number of aromatic nitrogens is 2. The summed E-state index contributed by atoms with van der Waals surface area (Å²) in [5, 5.41) is 18.6. The third-order valence-corrected chi connectivity index (χ3v) is 6.49. The van der Waals surface area contributed by atoms with Crippen molar-refractivity contribution in [1.82, 2.24) is 14.7 Å². The first-order valence-electron chi connectivity index (χ1n) is 10.6. The minimum absolute atomic E-state index is 0.0454. The minimum atomic E-state index is -0.485. The molecule has 2 aliphatic rings. The second kappa shape index (κ2) is 9.14. The molecule has 0 bridgehead atoms. The van der Waals surface area contributed by atoms with E-state index in [9.17, 15) is 14.9 Å². The minimum Gasteiger partial charge on any atom is -0.378 e. The standard InChI is InChI=1S/C21H26ClN5O3/c22-20-19(24-15-5-4-12-25(14-15)16-6-2-1-3-7-16)13-23-26(21(20)28)17-8-10-18(11-9-17)27(29)30/h8-11,13,15-16,24H,1-7,12,14H2. The molecule has 0 spiro atoms. The van der Waals surface area contributed by atoms with E-state index in [2.05, 4.69) is 15.3 Å². The summed E-state index contributed by atoms with van der Waals surface area (Å²) in [7, 11) is 0. The van der Waals surface area contributed by atoms with Crippen molar-refractivity contribution >= 4 is 23.0 Å². The summed E-state index contributed by atoms with van der Waals surface area (Å²) < 4.78 is 1.16. The largest absolute Gasteiger partial charge is 0.378 e. The molecule has 8 nitrogen and oxygen atoms in total. The van der Waals surface area contributed by atoms with Crippen LogP contribution < -0.4 is 10.9 Å². The molecule has 2 heterocycles. The van der Waals surface area contributed by atoms with Gasteiger partial charge in [-0.2, -0.15) is 9.78 Å². The molecule has 4 rings (SSSR count). The van der Waals surface area contributed by atoms with Gasteiger partial charge in [-0.05, 0) is 44.4 Å². The lowest BCUT2D eigenvalue weighted by molar-refractivity contribution is -0.384. The highest BCUT2D eigenvalue weighted by Gasteiger charge is 2.27. The van der Waals surface area contributed by atoms with Crippen molar-refractivity contribution in [3.8, 4) is 5.69 Å². The van der Waals surface area contributed by atoms with E-state index in [-0.39, 0.29) is 16.8 Å². The van der Waals surface area contributed by atoms with Crippen LogP contribution in [0.4, 0.5) is 11.4 Å². The van der Waals surface area contributed by atoms with Gasteiger partial charge in [0.05, 0.1) is 22.5 Å². The van der Waals surface area contributed by atoms with Crippen LogP contribution in [-0.4, -0.2) is 44.8 Å². The van der Waals surface area contributed by atoms with E-state index >= 15 is 0 Å². The molecule has 160 valence electrons. The number of hydrogen-bond donors (Lipinski definition) is 1. The lowest BCUT2D eigenvalue weighted by Gasteiger charge is -2.40. The zero-order chi connectivity index (χ0) is 21.1. The number of hydrogen-bond acceptors (Lipinski definition) is 6. The molecule has 1 aromatic heterocycles. The number of non-ortho nitro benzene ring substituents is 1. The summed E-state index contributed by atoms with van der Waals surface area (Å²) in [5.41, 5.74) is 0.474. The van der Waals surface area contributed by atoms with Crippen LogP contribution in [0.2, 0.25) is 5.02 Å². The first-order chi connectivity index (χ1) is 14.5. The number of rotatable bonds is 5. The molecule has 1 aromatic carbocycles. The maximum Gasteiger partial charge on any atom is 0.292 e. The van der Waals surface area contributed by atoms with E-state index < -0.39 is 10.5 Å². The van der Waals surface area contributed by atoms with Crippen LogP contribution in [0.3, 0.4) is 0 Å². The van der Waals surface area contributed by atoms with E-state index in [1.165, 1.54) is 56.4 Å². The molecule has 1 aliphatic heterocycles. The summed E-state index contributed by atoms with van der Waals surface area (Å²) in [4.78, 5) is 25.7. The lowest BCUT2D eigenvalue weighted by Crippen LogP contribution is -2.47. The second-order valence-corrected chi connectivity index (χ2v) is 8.51. The topological polar surface area (TPSA) is 93.3 Å². The Labute approximate surface area is 180 Å². The SMILES string of the molecule is O=c1c(Cl)c(NC2CCCN(C3CCCCC3)C2)cnn1-c1ccc([N+](=O)[O-])cc1. The molecule has 1 saturated heterocycles. The van der Waals surface area contributed by atoms with Crippen molar-refractivity contribution in [2.75, 3.05) is 18.4 Å². The van der Waals surface area contributed by atoms with Gasteiger partial charge in [-0.3, -0.25) is 19.8 Å². The van der Waals surface area contributed by atoms with E-state index in [4.69, 9.17) is 11.6 Å². The zero-order valence-corrected chi connectivity index (χ0v) is 17.6. The Kier molecular flexibility index (Phi) is 6.34. The number of nitro groups is 1. The van der Waals surface area contributed by atoms with Crippen LogP contribution in [0.1, 0.15) is 44.9 Å². The van der Waals surface area contributed by atoms with Crippen LogP contribution in [0.15, 0.2) is 35.3 Å². The molecular weight excluding hydrogens is 406 g/mol. The maximum absolute atomic E-state index is 12.7. The molecule has 1 atom stereocenters. The molecule has 1 unspecified atom stereocenters. The highest BCUT2D eigenvalue weighted by Crippen LogP contribution is 2.27. The number of anilines is 1. The predicted octanol–water partition coefficient (Wildman–Crippen LogP) is 4.00. The molecule has 30 heavy (non-hydrogen) atoms. The van der Waals surface area contributed by atoms with Gasteiger partial charge in [0, 0.05) is 30.8 Å². The summed E-state index contributed by atoms with van der Waals surface area (Å²) in [6.45, 7) is 2.09. The normalized spacial score (nSPS) is 20.8. The monoisotopic (exact) mass is 431 g/mol. The van der Waals surface area contributed by atoms with Crippen molar-refractivity contribution in [2.24, 2.45) is 0 Å². The van der Waals surface area contributed by atoms with E-state index in [0.29, 0.717) is 17.4 Å². The number of likely N-dealkylation sites (tertiary alicyclic amines) is 1. The molecule has 0 radical (unpaired) electrons. The third-order valence-electron chi connectivity index (χ3n) is 6.13. The molecule has 0 amide bonds. The third kappa shape index (κ3) is 4.49. The van der Waals surface area contributed by atoms with Gasteiger partial charge in [0.25, 0.3) is 11.2 Å². The number of halogens is 1. The van der Waals surface area contributed by atoms with Gasteiger partial charge in [0.1, 0.15) is 5.02 Å². The average molecular weight is 432 g/mol. The molecule has 1 saturated carbocycles. The molecule has 1 N–H and O–H groups in total. The molecular formula is C21H26ClN5O3. The number of nitrogens with one attached hydrogen (secondary N) is 1. The Balaban J connectivity index is 1.48. The van der Waals surface area contributed by atoms with Crippen LogP contribution in [0, 0.1) is 10.1 Å². The summed E-state index contributed by atoms with van der Waals surface area (Å²) >= 11 is 6.38. The highest BCUT2D eigenvalue weighted by molar-refractivity contribution is 6.33. The summed E-state index contributed by atoms with van der Waals surface area (Å²) in [6, 6.07) is 6.55. The van der Waals surface area contributed by atoms with Crippen LogP contribution >= 0.6 is 11.6 Å². The molecule has 2 aromatic rings.